The molecule has 2 aromatic rings. The van der Waals surface area contributed by atoms with Gasteiger partial charge in [0.1, 0.15) is 0 Å². The third-order valence-electron chi connectivity index (χ3n) is 1.44. The Morgan fingerprint density at radius 1 is 1.42 bits per heavy atom. The zero-order valence-electron chi connectivity index (χ0n) is 6.49. The van der Waals surface area contributed by atoms with Gasteiger partial charge in [-0.2, -0.15) is 5.10 Å². The molecule has 3 nitrogen and oxygen atoms in total. The SMILES string of the molecule is [K+].[O-]c1ccc2c(Br)cnn2c1. The summed E-state index contributed by atoms with van der Waals surface area (Å²) in [5, 5.41) is 14.8. The number of halogens is 1. The van der Waals surface area contributed by atoms with E-state index in [4.69, 9.17) is 0 Å². The maximum Gasteiger partial charge on any atom is 1.00 e. The predicted molar refractivity (Wildman–Crippen MR) is 42.3 cm³/mol. The first-order valence-electron chi connectivity index (χ1n) is 3.07. The van der Waals surface area contributed by atoms with Gasteiger partial charge in [-0.05, 0) is 22.0 Å². The minimum atomic E-state index is -0.0342. The van der Waals surface area contributed by atoms with Gasteiger partial charge in [-0.1, -0.05) is 11.8 Å². The summed E-state index contributed by atoms with van der Waals surface area (Å²) in [6, 6.07) is 3.25. The summed E-state index contributed by atoms with van der Waals surface area (Å²) in [5.74, 6) is -0.0342. The van der Waals surface area contributed by atoms with Crippen LogP contribution >= 0.6 is 15.9 Å². The third kappa shape index (κ3) is 1.92. The Morgan fingerprint density at radius 3 is 2.92 bits per heavy atom. The van der Waals surface area contributed by atoms with E-state index in [9.17, 15) is 5.11 Å². The molecule has 0 N–H and O–H groups in total. The molecule has 0 saturated carbocycles. The molecular weight excluding hydrogens is 247 g/mol. The van der Waals surface area contributed by atoms with E-state index >= 15 is 0 Å². The second kappa shape index (κ2) is 4.21. The van der Waals surface area contributed by atoms with Gasteiger partial charge in [-0.3, -0.25) is 0 Å². The van der Waals surface area contributed by atoms with Gasteiger partial charge >= 0.3 is 51.4 Å². The molecule has 0 aliphatic carbocycles. The summed E-state index contributed by atoms with van der Waals surface area (Å²) in [6.45, 7) is 0. The fourth-order valence-corrected chi connectivity index (χ4v) is 1.34. The van der Waals surface area contributed by atoms with Crippen molar-refractivity contribution in [3.8, 4) is 5.75 Å². The molecule has 0 bridgehead atoms. The van der Waals surface area contributed by atoms with E-state index in [0.29, 0.717) is 0 Å². The fraction of sp³-hybridized carbons (Fsp3) is 0. The van der Waals surface area contributed by atoms with Gasteiger partial charge in [0.05, 0.1) is 16.2 Å². The minimum absolute atomic E-state index is 0. The summed E-state index contributed by atoms with van der Waals surface area (Å²) in [4.78, 5) is 0. The molecule has 2 aromatic heterocycles. The third-order valence-corrected chi connectivity index (χ3v) is 2.05. The number of rotatable bonds is 0. The number of fused-ring (bicyclic) bond motifs is 1. The number of hydrogen-bond donors (Lipinski definition) is 0. The maximum absolute atomic E-state index is 10.8. The smallest absolute Gasteiger partial charge is 0.871 e. The fourth-order valence-electron chi connectivity index (χ4n) is 0.934. The summed E-state index contributed by atoms with van der Waals surface area (Å²) < 4.78 is 2.45. The molecule has 0 spiro atoms. The van der Waals surface area contributed by atoms with Crippen LogP contribution in [0.4, 0.5) is 0 Å². The molecule has 0 fully saturated rings. The molecule has 12 heavy (non-hydrogen) atoms. The Hall–Kier alpha value is 0.606. The summed E-state index contributed by atoms with van der Waals surface area (Å²) in [6.07, 6.45) is 3.11. The van der Waals surface area contributed by atoms with Crippen molar-refractivity contribution in [1.29, 1.82) is 0 Å². The average Bonchev–Trinajstić information content (AvgIpc) is 2.32. The molecule has 0 unspecified atom stereocenters. The van der Waals surface area contributed by atoms with Gasteiger partial charge in [-0.15, -0.1) is 0 Å². The quantitative estimate of drug-likeness (QED) is 0.517. The van der Waals surface area contributed by atoms with Crippen LogP contribution in [0, 0.1) is 0 Å². The van der Waals surface area contributed by atoms with Gasteiger partial charge in [0.15, 0.2) is 0 Å². The zero-order valence-corrected chi connectivity index (χ0v) is 11.2. The van der Waals surface area contributed by atoms with Crippen LogP contribution in [0.3, 0.4) is 0 Å². The zero-order chi connectivity index (χ0) is 7.84. The van der Waals surface area contributed by atoms with Crippen LogP contribution in [0.15, 0.2) is 29.0 Å². The Bertz CT molecular complexity index is 401. The molecule has 2 rings (SSSR count). The molecule has 0 atom stereocenters. The Labute approximate surface area is 120 Å². The topological polar surface area (TPSA) is 40.4 Å². The van der Waals surface area contributed by atoms with E-state index in [1.165, 1.54) is 12.3 Å². The molecule has 0 aliphatic heterocycles. The van der Waals surface area contributed by atoms with Crippen LogP contribution in [-0.4, -0.2) is 9.61 Å². The second-order valence-electron chi connectivity index (χ2n) is 2.19. The largest absolute Gasteiger partial charge is 1.00 e. The summed E-state index contributed by atoms with van der Waals surface area (Å²) in [5.41, 5.74) is 0.907. The average molecular weight is 251 g/mol. The Morgan fingerprint density at radius 2 is 2.17 bits per heavy atom. The van der Waals surface area contributed by atoms with E-state index in [1.54, 1.807) is 16.8 Å². The molecular formula is C7H4BrKN2O. The number of pyridine rings is 1. The molecule has 0 aromatic carbocycles. The first-order valence-corrected chi connectivity index (χ1v) is 3.86. The van der Waals surface area contributed by atoms with Crippen molar-refractivity contribution in [2.24, 2.45) is 0 Å². The van der Waals surface area contributed by atoms with Gasteiger partial charge in [0, 0.05) is 6.20 Å². The van der Waals surface area contributed by atoms with Crippen LogP contribution in [0.25, 0.3) is 5.52 Å². The van der Waals surface area contributed by atoms with E-state index < -0.39 is 0 Å². The first kappa shape index (κ1) is 10.7. The second-order valence-corrected chi connectivity index (χ2v) is 3.04. The van der Waals surface area contributed by atoms with Crippen LogP contribution in [0.5, 0.6) is 5.75 Å². The number of hydrogen-bond acceptors (Lipinski definition) is 2. The normalized spacial score (nSPS) is 9.75. The van der Waals surface area contributed by atoms with Crippen molar-refractivity contribution in [2.45, 2.75) is 0 Å². The Kier molecular flexibility index (Phi) is 3.75. The summed E-state index contributed by atoms with van der Waals surface area (Å²) >= 11 is 3.31. The van der Waals surface area contributed by atoms with Gasteiger partial charge < -0.3 is 5.11 Å². The van der Waals surface area contributed by atoms with Gasteiger partial charge in [-0.25, -0.2) is 4.52 Å². The molecule has 0 radical (unpaired) electrons. The first-order chi connectivity index (χ1) is 5.27. The van der Waals surface area contributed by atoms with Crippen LogP contribution < -0.4 is 56.5 Å². The number of aromatic nitrogens is 2. The van der Waals surface area contributed by atoms with E-state index in [1.807, 2.05) is 0 Å². The predicted octanol–water partition coefficient (Wildman–Crippen LogP) is -1.83. The van der Waals surface area contributed by atoms with Crippen molar-refractivity contribution in [3.05, 3.63) is 29.0 Å². The van der Waals surface area contributed by atoms with Gasteiger partial charge in [0.2, 0.25) is 0 Å². The molecule has 2 heterocycles. The van der Waals surface area contributed by atoms with Crippen molar-refractivity contribution < 1.29 is 56.5 Å². The Balaban J connectivity index is 0.000000720. The molecule has 0 aliphatic rings. The van der Waals surface area contributed by atoms with Crippen LogP contribution in [0.2, 0.25) is 0 Å². The van der Waals surface area contributed by atoms with Crippen molar-refractivity contribution in [2.75, 3.05) is 0 Å². The minimum Gasteiger partial charge on any atom is -0.871 e. The number of nitrogens with zero attached hydrogens (tertiary/aromatic N) is 2. The molecule has 0 saturated heterocycles. The van der Waals surface area contributed by atoms with E-state index in [0.717, 1.165) is 9.99 Å². The van der Waals surface area contributed by atoms with Crippen molar-refractivity contribution in [3.63, 3.8) is 0 Å². The van der Waals surface area contributed by atoms with Gasteiger partial charge in [0.25, 0.3) is 0 Å². The molecule has 0 amide bonds. The standard InChI is InChI=1S/C7H5BrN2O.K/c8-6-3-9-10-4-5(11)1-2-7(6)10;/h1-4,11H;/q;+1/p-1. The summed E-state index contributed by atoms with van der Waals surface area (Å²) in [7, 11) is 0. The molecule has 56 valence electrons. The van der Waals surface area contributed by atoms with Crippen molar-refractivity contribution in [1.82, 2.24) is 9.61 Å². The van der Waals surface area contributed by atoms with Crippen LogP contribution in [0.1, 0.15) is 0 Å². The maximum atomic E-state index is 10.8. The molecule has 5 heteroatoms. The van der Waals surface area contributed by atoms with E-state index in [-0.39, 0.29) is 57.1 Å². The monoisotopic (exact) mass is 250 g/mol. The van der Waals surface area contributed by atoms with E-state index in [2.05, 4.69) is 21.0 Å². The van der Waals surface area contributed by atoms with Crippen molar-refractivity contribution >= 4 is 21.4 Å². The van der Waals surface area contributed by atoms with Crippen LogP contribution in [-0.2, 0) is 0 Å².